The molecule has 146 valence electrons. The number of rotatable bonds is 2. The van der Waals surface area contributed by atoms with Crippen LogP contribution in [-0.4, -0.2) is 55.2 Å². The van der Waals surface area contributed by atoms with Gasteiger partial charge >= 0.3 is 12.3 Å². The van der Waals surface area contributed by atoms with E-state index in [-0.39, 0.29) is 31.4 Å². The lowest BCUT2D eigenvalue weighted by atomic mass is 9.95. The minimum Gasteiger partial charge on any atom is -0.440 e. The van der Waals surface area contributed by atoms with Gasteiger partial charge in [-0.3, -0.25) is 9.59 Å². The summed E-state index contributed by atoms with van der Waals surface area (Å²) in [5, 5.41) is 2.70. The van der Waals surface area contributed by atoms with Crippen LogP contribution in [0.3, 0.4) is 0 Å². The topological polar surface area (TPSA) is 79.0 Å². The summed E-state index contributed by atoms with van der Waals surface area (Å²) in [7, 11) is 0. The predicted octanol–water partition coefficient (Wildman–Crippen LogP) is 2.38. The summed E-state index contributed by atoms with van der Waals surface area (Å²) in [4.78, 5) is 39.0. The van der Waals surface area contributed by atoms with Gasteiger partial charge in [-0.1, -0.05) is 12.1 Å². The van der Waals surface area contributed by atoms with Gasteiger partial charge < -0.3 is 19.9 Å². The molecular weight excluding hydrogens is 367 g/mol. The molecule has 7 nitrogen and oxygen atoms in total. The number of hydrogen-bond acceptors (Lipinski definition) is 4. The molecule has 10 heteroatoms. The third-order valence-electron chi connectivity index (χ3n) is 4.50. The first-order valence-corrected chi connectivity index (χ1v) is 8.43. The minimum absolute atomic E-state index is 0.0936. The van der Waals surface area contributed by atoms with Gasteiger partial charge in [0.15, 0.2) is 6.61 Å². The lowest BCUT2D eigenvalue weighted by molar-refractivity contribution is -0.162. The molecule has 0 aromatic heterocycles. The van der Waals surface area contributed by atoms with Crippen LogP contribution in [0.25, 0.3) is 0 Å². The highest BCUT2D eigenvalue weighted by Gasteiger charge is 2.36. The Morgan fingerprint density at radius 3 is 2.52 bits per heavy atom. The molecule has 27 heavy (non-hydrogen) atoms. The number of fused-ring (bicyclic) bond motifs is 1. The molecule has 2 heterocycles. The van der Waals surface area contributed by atoms with Gasteiger partial charge in [-0.05, 0) is 25.0 Å². The summed E-state index contributed by atoms with van der Waals surface area (Å²) in [6, 6.07) is 6.94. The molecule has 1 N–H and O–H groups in total. The zero-order valence-electron chi connectivity index (χ0n) is 14.3. The highest BCUT2D eigenvalue weighted by atomic mass is 19.4. The van der Waals surface area contributed by atoms with Crippen molar-refractivity contribution in [3.05, 3.63) is 24.3 Å². The van der Waals surface area contributed by atoms with Gasteiger partial charge in [-0.2, -0.15) is 13.2 Å². The van der Waals surface area contributed by atoms with E-state index < -0.39 is 24.8 Å². The fourth-order valence-corrected chi connectivity index (χ4v) is 3.19. The number of halogens is 3. The number of anilines is 2. The van der Waals surface area contributed by atoms with Crippen molar-refractivity contribution >= 4 is 29.3 Å². The number of benzene rings is 1. The van der Waals surface area contributed by atoms with Crippen molar-refractivity contribution in [2.45, 2.75) is 19.0 Å². The Hall–Kier alpha value is -2.78. The molecule has 1 saturated heterocycles. The van der Waals surface area contributed by atoms with Crippen LogP contribution < -0.4 is 10.2 Å². The van der Waals surface area contributed by atoms with Crippen LogP contribution in [0.15, 0.2) is 24.3 Å². The molecule has 0 atom stereocenters. The van der Waals surface area contributed by atoms with Crippen LogP contribution in [0.4, 0.5) is 29.3 Å². The average molecular weight is 385 g/mol. The molecule has 0 bridgehead atoms. The van der Waals surface area contributed by atoms with E-state index in [9.17, 15) is 27.6 Å². The fourth-order valence-electron chi connectivity index (χ4n) is 3.19. The first-order chi connectivity index (χ1) is 12.7. The van der Waals surface area contributed by atoms with Gasteiger partial charge in [0.2, 0.25) is 11.8 Å². The van der Waals surface area contributed by atoms with Gasteiger partial charge in [-0.15, -0.1) is 0 Å². The average Bonchev–Trinajstić information content (AvgIpc) is 2.64. The van der Waals surface area contributed by atoms with Crippen molar-refractivity contribution in [1.29, 1.82) is 0 Å². The van der Waals surface area contributed by atoms with Gasteiger partial charge in [0.25, 0.3) is 0 Å². The van der Waals surface area contributed by atoms with E-state index in [0.717, 1.165) is 4.90 Å². The monoisotopic (exact) mass is 385 g/mol. The maximum absolute atomic E-state index is 12.9. The number of hydrogen-bond donors (Lipinski definition) is 1. The summed E-state index contributed by atoms with van der Waals surface area (Å²) in [6.07, 6.45) is -5.03. The number of ether oxygens (including phenoxy) is 1. The van der Waals surface area contributed by atoms with Crippen molar-refractivity contribution in [2.24, 2.45) is 5.92 Å². The van der Waals surface area contributed by atoms with Crippen LogP contribution in [0.1, 0.15) is 12.8 Å². The molecule has 0 radical (unpaired) electrons. The van der Waals surface area contributed by atoms with Crippen molar-refractivity contribution in [3.8, 4) is 0 Å². The fraction of sp³-hybridized carbons (Fsp3) is 0.471. The van der Waals surface area contributed by atoms with E-state index in [1.807, 2.05) is 0 Å². The number of amides is 3. The summed E-state index contributed by atoms with van der Waals surface area (Å²) in [5.41, 5.74) is 1.16. The molecular formula is C17H18F3N3O4. The molecule has 0 spiro atoms. The zero-order chi connectivity index (χ0) is 19.6. The van der Waals surface area contributed by atoms with E-state index in [2.05, 4.69) is 10.1 Å². The quantitative estimate of drug-likeness (QED) is 0.848. The highest BCUT2D eigenvalue weighted by molar-refractivity contribution is 6.10. The minimum atomic E-state index is -4.58. The molecule has 1 fully saturated rings. The van der Waals surface area contributed by atoms with Crippen LogP contribution >= 0.6 is 0 Å². The third-order valence-corrected chi connectivity index (χ3v) is 4.50. The highest BCUT2D eigenvalue weighted by Crippen LogP contribution is 2.32. The van der Waals surface area contributed by atoms with Crippen molar-refractivity contribution < 1.29 is 32.3 Å². The van der Waals surface area contributed by atoms with Gasteiger partial charge in [0.05, 0.1) is 11.4 Å². The summed E-state index contributed by atoms with van der Waals surface area (Å²) in [5.74, 6) is -0.952. The number of carbonyl (C=O) groups is 3. The van der Waals surface area contributed by atoms with Crippen LogP contribution in [0.5, 0.6) is 0 Å². The molecule has 2 aliphatic rings. The molecule has 2 aliphatic heterocycles. The smallest absolute Gasteiger partial charge is 0.422 e. The van der Waals surface area contributed by atoms with E-state index in [1.165, 1.54) is 4.90 Å². The number of nitrogens with zero attached hydrogens (tertiary/aromatic N) is 2. The Bertz CT molecular complexity index is 745. The SMILES string of the molecule is O=C1CN(C(=O)C2CCN(C(=O)OCC(F)(F)F)CC2)c2ccccc2N1. The number of para-hydroxylation sites is 2. The normalized spacial score (nSPS) is 18.0. The third kappa shape index (κ3) is 4.50. The maximum Gasteiger partial charge on any atom is 0.422 e. The zero-order valence-corrected chi connectivity index (χ0v) is 14.3. The Kier molecular flexibility index (Phi) is 5.24. The Morgan fingerprint density at radius 1 is 1.19 bits per heavy atom. The molecule has 0 saturated carbocycles. The van der Waals surface area contributed by atoms with E-state index in [4.69, 9.17) is 0 Å². The standard InChI is InChI=1S/C17H18F3N3O4/c18-17(19,20)10-27-16(26)22-7-5-11(6-8-22)15(25)23-9-14(24)21-12-3-1-2-4-13(12)23/h1-4,11H,5-10H2,(H,21,24). The second kappa shape index (κ2) is 7.45. The molecule has 1 aromatic rings. The van der Waals surface area contributed by atoms with E-state index in [1.54, 1.807) is 24.3 Å². The van der Waals surface area contributed by atoms with Crippen molar-refractivity contribution in [1.82, 2.24) is 4.90 Å². The van der Waals surface area contributed by atoms with Crippen LogP contribution in [0.2, 0.25) is 0 Å². The van der Waals surface area contributed by atoms with E-state index in [0.29, 0.717) is 24.2 Å². The first kappa shape index (κ1) is 19.0. The maximum atomic E-state index is 12.9. The molecule has 0 aliphatic carbocycles. The van der Waals surface area contributed by atoms with Crippen LogP contribution in [-0.2, 0) is 14.3 Å². The lowest BCUT2D eigenvalue weighted by Gasteiger charge is -2.35. The number of carbonyl (C=O) groups excluding carboxylic acids is 3. The Labute approximate surface area is 153 Å². The summed E-state index contributed by atoms with van der Waals surface area (Å²) < 4.78 is 40.6. The van der Waals surface area contributed by atoms with Gasteiger partial charge in [0, 0.05) is 19.0 Å². The second-order valence-electron chi connectivity index (χ2n) is 6.42. The van der Waals surface area contributed by atoms with Crippen molar-refractivity contribution in [3.63, 3.8) is 0 Å². The number of nitrogens with one attached hydrogen (secondary N) is 1. The largest absolute Gasteiger partial charge is 0.440 e. The molecule has 0 unspecified atom stereocenters. The first-order valence-electron chi connectivity index (χ1n) is 8.43. The summed E-state index contributed by atoms with van der Waals surface area (Å²) >= 11 is 0. The lowest BCUT2D eigenvalue weighted by Crippen LogP contribution is -2.48. The van der Waals surface area contributed by atoms with Crippen LogP contribution in [0, 0.1) is 5.92 Å². The number of piperidine rings is 1. The number of alkyl halides is 3. The summed E-state index contributed by atoms with van der Waals surface area (Å²) in [6.45, 7) is -1.49. The number of likely N-dealkylation sites (tertiary alicyclic amines) is 1. The molecule has 3 rings (SSSR count). The molecule has 3 amide bonds. The molecule has 1 aromatic carbocycles. The van der Waals surface area contributed by atoms with Crippen molar-refractivity contribution in [2.75, 3.05) is 36.5 Å². The van der Waals surface area contributed by atoms with Gasteiger partial charge in [0.1, 0.15) is 6.54 Å². The Morgan fingerprint density at radius 2 is 1.85 bits per heavy atom. The van der Waals surface area contributed by atoms with E-state index >= 15 is 0 Å². The predicted molar refractivity (Wildman–Crippen MR) is 89.1 cm³/mol. The second-order valence-corrected chi connectivity index (χ2v) is 6.42. The van der Waals surface area contributed by atoms with Gasteiger partial charge in [-0.25, -0.2) is 4.79 Å². The Balaban J connectivity index is 1.59.